The summed E-state index contributed by atoms with van der Waals surface area (Å²) >= 11 is 0. The summed E-state index contributed by atoms with van der Waals surface area (Å²) in [5.41, 5.74) is 0. The Morgan fingerprint density at radius 3 is 2.48 bits per heavy atom. The molecule has 2 atom stereocenters. The van der Waals surface area contributed by atoms with Gasteiger partial charge in [-0.1, -0.05) is 12.8 Å². The number of rotatable bonds is 5. The van der Waals surface area contributed by atoms with E-state index in [2.05, 4.69) is 4.72 Å². The van der Waals surface area contributed by atoms with Crippen LogP contribution < -0.4 is 4.72 Å². The number of carbonyl (C=O) groups is 1. The lowest BCUT2D eigenvalue weighted by Crippen LogP contribution is -2.37. The lowest BCUT2D eigenvalue weighted by Gasteiger charge is -2.28. The Labute approximate surface area is 123 Å². The molecule has 0 radical (unpaired) electrons. The average Bonchev–Trinajstić information content (AvgIpc) is 2.46. The van der Waals surface area contributed by atoms with Gasteiger partial charge in [0.1, 0.15) is 5.82 Å². The lowest BCUT2D eigenvalue weighted by molar-refractivity contribution is -0.144. The molecule has 0 amide bonds. The van der Waals surface area contributed by atoms with Crippen molar-refractivity contribution < 1.29 is 22.7 Å². The highest BCUT2D eigenvalue weighted by atomic mass is 32.2. The van der Waals surface area contributed by atoms with Gasteiger partial charge < -0.3 is 5.11 Å². The zero-order valence-corrected chi connectivity index (χ0v) is 12.3. The molecule has 1 saturated carbocycles. The Kier molecular flexibility index (Phi) is 4.95. The predicted molar refractivity (Wildman–Crippen MR) is 74.7 cm³/mol. The first-order valence-electron chi connectivity index (χ1n) is 6.88. The van der Waals surface area contributed by atoms with Crippen LogP contribution in [0.15, 0.2) is 29.2 Å². The number of nitrogens with one attached hydrogen (secondary N) is 1. The second kappa shape index (κ2) is 6.53. The number of hydrogen-bond acceptors (Lipinski definition) is 3. The van der Waals surface area contributed by atoms with E-state index in [1.54, 1.807) is 0 Å². The van der Waals surface area contributed by atoms with Crippen molar-refractivity contribution in [1.29, 1.82) is 0 Å². The van der Waals surface area contributed by atoms with Crippen LogP contribution in [0.1, 0.15) is 25.7 Å². The summed E-state index contributed by atoms with van der Waals surface area (Å²) in [6.07, 6.45) is 3.05. The molecule has 2 rings (SSSR count). The van der Waals surface area contributed by atoms with E-state index < -0.39 is 27.7 Å². The van der Waals surface area contributed by atoms with Crippen LogP contribution in [0.5, 0.6) is 0 Å². The van der Waals surface area contributed by atoms with Crippen LogP contribution in [-0.2, 0) is 14.8 Å². The molecule has 0 aromatic heterocycles. The fraction of sp³-hybridized carbons (Fsp3) is 0.500. The molecule has 1 aromatic rings. The first-order chi connectivity index (χ1) is 9.90. The molecule has 1 aliphatic carbocycles. The third-order valence-corrected chi connectivity index (χ3v) is 5.33. The summed E-state index contributed by atoms with van der Waals surface area (Å²) in [6.45, 7) is 0.0939. The van der Waals surface area contributed by atoms with Crippen molar-refractivity contribution in [3.8, 4) is 0 Å². The summed E-state index contributed by atoms with van der Waals surface area (Å²) < 4.78 is 39.4. The average molecular weight is 315 g/mol. The van der Waals surface area contributed by atoms with Gasteiger partial charge in [0.15, 0.2) is 0 Å². The van der Waals surface area contributed by atoms with Gasteiger partial charge in [-0.3, -0.25) is 4.79 Å². The molecule has 21 heavy (non-hydrogen) atoms. The molecule has 1 aromatic carbocycles. The van der Waals surface area contributed by atoms with E-state index in [4.69, 9.17) is 5.11 Å². The van der Waals surface area contributed by atoms with E-state index in [0.717, 1.165) is 25.0 Å². The molecule has 0 saturated heterocycles. The van der Waals surface area contributed by atoms with Gasteiger partial charge in [-0.2, -0.15) is 0 Å². The highest BCUT2D eigenvalue weighted by Gasteiger charge is 2.31. The first kappa shape index (κ1) is 15.9. The molecule has 5 nitrogen and oxygen atoms in total. The maximum absolute atomic E-state index is 12.8. The molecule has 0 heterocycles. The second-order valence-electron chi connectivity index (χ2n) is 5.30. The molecule has 0 aliphatic heterocycles. The minimum Gasteiger partial charge on any atom is -0.481 e. The standard InChI is InChI=1S/C14H18FNO4S/c15-11-5-7-12(8-6-11)21(19,20)16-9-10-3-1-2-4-13(10)14(17)18/h5-8,10,13,16H,1-4,9H2,(H,17,18). The molecule has 1 aliphatic rings. The second-order valence-corrected chi connectivity index (χ2v) is 7.06. The van der Waals surface area contributed by atoms with Crippen LogP contribution in [0, 0.1) is 17.7 Å². The Balaban J connectivity index is 2.03. The van der Waals surface area contributed by atoms with Crippen LogP contribution in [0.4, 0.5) is 4.39 Å². The Hall–Kier alpha value is -1.47. The van der Waals surface area contributed by atoms with Gasteiger partial charge in [-0.15, -0.1) is 0 Å². The molecule has 2 unspecified atom stereocenters. The zero-order chi connectivity index (χ0) is 15.5. The number of aliphatic carboxylic acids is 1. The van der Waals surface area contributed by atoms with Gasteiger partial charge in [-0.25, -0.2) is 17.5 Å². The van der Waals surface area contributed by atoms with Crippen LogP contribution >= 0.6 is 0 Å². The number of hydrogen-bond donors (Lipinski definition) is 2. The van der Waals surface area contributed by atoms with Crippen molar-refractivity contribution in [1.82, 2.24) is 4.72 Å². The van der Waals surface area contributed by atoms with Crippen molar-refractivity contribution in [3.63, 3.8) is 0 Å². The van der Waals surface area contributed by atoms with Gasteiger partial charge in [-0.05, 0) is 43.0 Å². The van der Waals surface area contributed by atoms with Gasteiger partial charge in [0.2, 0.25) is 10.0 Å². The SMILES string of the molecule is O=C(O)C1CCCCC1CNS(=O)(=O)c1ccc(F)cc1. The number of benzene rings is 1. The number of sulfonamides is 1. The fourth-order valence-electron chi connectivity index (χ4n) is 2.69. The molecule has 0 bridgehead atoms. The van der Waals surface area contributed by atoms with Crippen molar-refractivity contribution >= 4 is 16.0 Å². The normalized spacial score (nSPS) is 22.9. The monoisotopic (exact) mass is 315 g/mol. The molecule has 116 valence electrons. The molecule has 7 heteroatoms. The fourth-order valence-corrected chi connectivity index (χ4v) is 3.79. The molecular weight excluding hydrogens is 297 g/mol. The maximum Gasteiger partial charge on any atom is 0.306 e. The van der Waals surface area contributed by atoms with Crippen LogP contribution in [0.25, 0.3) is 0 Å². The lowest BCUT2D eigenvalue weighted by atomic mass is 9.79. The summed E-state index contributed by atoms with van der Waals surface area (Å²) in [4.78, 5) is 11.2. The van der Waals surface area contributed by atoms with Crippen molar-refractivity contribution in [2.45, 2.75) is 30.6 Å². The first-order valence-corrected chi connectivity index (χ1v) is 8.36. The van der Waals surface area contributed by atoms with Gasteiger partial charge >= 0.3 is 5.97 Å². The smallest absolute Gasteiger partial charge is 0.306 e. The molecule has 1 fully saturated rings. The van der Waals surface area contributed by atoms with Gasteiger partial charge in [0.05, 0.1) is 10.8 Å². The third-order valence-electron chi connectivity index (χ3n) is 3.89. The minimum atomic E-state index is -3.74. The van der Waals surface area contributed by atoms with Crippen LogP contribution in [-0.4, -0.2) is 26.0 Å². The van der Waals surface area contributed by atoms with Crippen molar-refractivity contribution in [2.75, 3.05) is 6.54 Å². The van der Waals surface area contributed by atoms with Gasteiger partial charge in [0, 0.05) is 6.54 Å². The minimum absolute atomic E-state index is 0.0217. The summed E-state index contributed by atoms with van der Waals surface area (Å²) in [5, 5.41) is 9.17. The number of carboxylic acid groups (broad SMARTS) is 1. The summed E-state index contributed by atoms with van der Waals surface area (Å²) in [5.74, 6) is -2.09. The number of carboxylic acids is 1. The van der Waals surface area contributed by atoms with Crippen molar-refractivity contribution in [3.05, 3.63) is 30.1 Å². The molecule has 0 spiro atoms. The highest BCUT2D eigenvalue weighted by molar-refractivity contribution is 7.89. The summed E-state index contributed by atoms with van der Waals surface area (Å²) in [6, 6.07) is 4.53. The predicted octanol–water partition coefficient (Wildman–Crippen LogP) is 2.00. The quantitative estimate of drug-likeness (QED) is 0.870. The summed E-state index contributed by atoms with van der Waals surface area (Å²) in [7, 11) is -3.74. The van der Waals surface area contributed by atoms with E-state index in [1.165, 1.54) is 12.1 Å². The van der Waals surface area contributed by atoms with E-state index in [0.29, 0.717) is 12.8 Å². The Morgan fingerprint density at radius 2 is 1.86 bits per heavy atom. The topological polar surface area (TPSA) is 83.5 Å². The zero-order valence-electron chi connectivity index (χ0n) is 11.5. The van der Waals surface area contributed by atoms with E-state index >= 15 is 0 Å². The largest absolute Gasteiger partial charge is 0.481 e. The Bertz CT molecular complexity index is 600. The maximum atomic E-state index is 12.8. The molecule has 2 N–H and O–H groups in total. The highest BCUT2D eigenvalue weighted by Crippen LogP contribution is 2.30. The van der Waals surface area contributed by atoms with E-state index in [9.17, 15) is 17.6 Å². The van der Waals surface area contributed by atoms with E-state index in [1.807, 2.05) is 0 Å². The van der Waals surface area contributed by atoms with Crippen molar-refractivity contribution in [2.24, 2.45) is 11.8 Å². The Morgan fingerprint density at radius 1 is 1.24 bits per heavy atom. The third kappa shape index (κ3) is 4.01. The van der Waals surface area contributed by atoms with Crippen LogP contribution in [0.3, 0.4) is 0 Å². The van der Waals surface area contributed by atoms with Gasteiger partial charge in [0.25, 0.3) is 0 Å². The molecular formula is C14H18FNO4S. The van der Waals surface area contributed by atoms with Crippen LogP contribution in [0.2, 0.25) is 0 Å². The van der Waals surface area contributed by atoms with E-state index in [-0.39, 0.29) is 17.4 Å². The number of halogens is 1.